The number of fused-ring (bicyclic) bond motifs is 1. The van der Waals surface area contributed by atoms with Crippen molar-refractivity contribution in [1.82, 2.24) is 10.3 Å². The Morgan fingerprint density at radius 1 is 1.24 bits per heavy atom. The number of hydrogen-bond donors (Lipinski definition) is 3. The zero-order valence-electron chi connectivity index (χ0n) is 13.8. The third-order valence-corrected chi connectivity index (χ3v) is 5.82. The van der Waals surface area contributed by atoms with Crippen LogP contribution in [0.3, 0.4) is 0 Å². The summed E-state index contributed by atoms with van der Waals surface area (Å²) in [6.45, 7) is 2.08. The second-order valence-electron chi connectivity index (χ2n) is 6.47. The molecule has 0 unspecified atom stereocenters. The highest BCUT2D eigenvalue weighted by Gasteiger charge is 2.20. The maximum Gasteiger partial charge on any atom is 0.257 e. The van der Waals surface area contributed by atoms with Crippen LogP contribution in [0.25, 0.3) is 0 Å². The molecular formula is C18H20N4O2S. The Labute approximate surface area is 150 Å². The van der Waals surface area contributed by atoms with Crippen LogP contribution in [0.5, 0.6) is 0 Å². The largest absolute Gasteiger partial charge is 0.326 e. The van der Waals surface area contributed by atoms with Gasteiger partial charge in [0.1, 0.15) is 0 Å². The van der Waals surface area contributed by atoms with Gasteiger partial charge < -0.3 is 10.6 Å². The van der Waals surface area contributed by atoms with Crippen molar-refractivity contribution in [2.24, 2.45) is 0 Å². The van der Waals surface area contributed by atoms with Crippen LogP contribution in [-0.4, -0.2) is 29.9 Å². The minimum atomic E-state index is -0.161. The van der Waals surface area contributed by atoms with Crippen LogP contribution in [0, 0.1) is 0 Å². The first-order valence-electron chi connectivity index (χ1n) is 8.59. The van der Waals surface area contributed by atoms with Crippen LogP contribution in [0.4, 0.5) is 10.8 Å². The number of aryl methyl sites for hydroxylation is 1. The number of carbonyl (C=O) groups excluding carboxylic acids is 2. The van der Waals surface area contributed by atoms with Crippen molar-refractivity contribution in [1.29, 1.82) is 0 Å². The Kier molecular flexibility index (Phi) is 4.50. The fourth-order valence-corrected chi connectivity index (χ4v) is 4.31. The summed E-state index contributed by atoms with van der Waals surface area (Å²) in [6, 6.07) is 5.39. The molecule has 0 saturated carbocycles. The molecule has 2 aliphatic rings. The van der Waals surface area contributed by atoms with E-state index in [1.165, 1.54) is 4.88 Å². The van der Waals surface area contributed by atoms with E-state index < -0.39 is 0 Å². The topological polar surface area (TPSA) is 83.1 Å². The summed E-state index contributed by atoms with van der Waals surface area (Å²) < 4.78 is 0. The summed E-state index contributed by atoms with van der Waals surface area (Å²) in [5, 5.41) is 9.73. The summed E-state index contributed by atoms with van der Waals surface area (Å²) in [5.74, 6) is 0.403. The fourth-order valence-electron chi connectivity index (χ4n) is 3.33. The average Bonchev–Trinajstić information content (AvgIpc) is 3.10. The molecule has 0 bridgehead atoms. The highest BCUT2D eigenvalue weighted by Crippen LogP contribution is 2.32. The molecule has 130 valence electrons. The second-order valence-corrected chi connectivity index (χ2v) is 7.53. The van der Waals surface area contributed by atoms with Crippen molar-refractivity contribution in [2.45, 2.75) is 31.6 Å². The molecule has 0 spiro atoms. The molecular weight excluding hydrogens is 336 g/mol. The van der Waals surface area contributed by atoms with Gasteiger partial charge >= 0.3 is 0 Å². The van der Waals surface area contributed by atoms with Gasteiger partial charge in [0.15, 0.2) is 5.13 Å². The van der Waals surface area contributed by atoms with E-state index in [-0.39, 0.29) is 11.8 Å². The molecule has 0 atom stereocenters. The Bertz CT molecular complexity index is 811. The molecule has 2 amide bonds. The van der Waals surface area contributed by atoms with Crippen molar-refractivity contribution >= 4 is 34.0 Å². The lowest BCUT2D eigenvalue weighted by molar-refractivity contribution is -0.116. The highest BCUT2D eigenvalue weighted by atomic mass is 32.1. The van der Waals surface area contributed by atoms with Gasteiger partial charge in [0.2, 0.25) is 5.91 Å². The first-order valence-corrected chi connectivity index (χ1v) is 9.41. The van der Waals surface area contributed by atoms with Crippen LogP contribution in [0.2, 0.25) is 0 Å². The van der Waals surface area contributed by atoms with Gasteiger partial charge in [-0.15, -0.1) is 11.3 Å². The Morgan fingerprint density at radius 2 is 2.08 bits per heavy atom. The quantitative estimate of drug-likeness (QED) is 0.790. The number of piperidine rings is 1. The molecule has 1 aromatic heterocycles. The van der Waals surface area contributed by atoms with Gasteiger partial charge in [-0.2, -0.15) is 0 Å². The monoisotopic (exact) mass is 356 g/mol. The predicted octanol–water partition coefficient (Wildman–Crippen LogP) is 2.75. The van der Waals surface area contributed by atoms with Crippen molar-refractivity contribution in [3.05, 3.63) is 40.4 Å². The molecule has 2 aliphatic heterocycles. The molecule has 3 N–H and O–H groups in total. The Hall–Kier alpha value is -2.25. The van der Waals surface area contributed by atoms with Crippen LogP contribution in [-0.2, 0) is 11.2 Å². The first kappa shape index (κ1) is 16.2. The third-order valence-electron chi connectivity index (χ3n) is 4.75. The second kappa shape index (κ2) is 6.93. The number of carbonyl (C=O) groups is 2. The van der Waals surface area contributed by atoms with Crippen LogP contribution in [0.15, 0.2) is 24.4 Å². The maximum atomic E-state index is 12.5. The summed E-state index contributed by atoms with van der Waals surface area (Å²) in [5.41, 5.74) is 2.39. The summed E-state index contributed by atoms with van der Waals surface area (Å²) in [4.78, 5) is 29.5. The lowest BCUT2D eigenvalue weighted by atomic mass is 9.97. The van der Waals surface area contributed by atoms with Gasteiger partial charge in [-0.25, -0.2) is 4.98 Å². The molecule has 25 heavy (non-hydrogen) atoms. The molecule has 3 heterocycles. The molecule has 2 aromatic rings. The average molecular weight is 356 g/mol. The van der Waals surface area contributed by atoms with Gasteiger partial charge in [0, 0.05) is 28.7 Å². The van der Waals surface area contributed by atoms with Crippen molar-refractivity contribution in [3.8, 4) is 0 Å². The van der Waals surface area contributed by atoms with E-state index in [1.807, 2.05) is 12.3 Å². The first-order chi connectivity index (χ1) is 12.2. The van der Waals surface area contributed by atoms with E-state index >= 15 is 0 Å². The summed E-state index contributed by atoms with van der Waals surface area (Å²) in [6.07, 6.45) is 5.25. The molecule has 1 aromatic carbocycles. The normalized spacial score (nSPS) is 17.7. The van der Waals surface area contributed by atoms with Crippen molar-refractivity contribution in [3.63, 3.8) is 0 Å². The number of aromatic nitrogens is 1. The Balaban J connectivity index is 1.45. The van der Waals surface area contributed by atoms with Gasteiger partial charge in [0.25, 0.3) is 5.91 Å². The Morgan fingerprint density at radius 3 is 2.92 bits per heavy atom. The molecule has 1 fully saturated rings. The van der Waals surface area contributed by atoms with Gasteiger partial charge in [-0.3, -0.25) is 14.9 Å². The van der Waals surface area contributed by atoms with Gasteiger partial charge in [0.05, 0.1) is 0 Å². The summed E-state index contributed by atoms with van der Waals surface area (Å²) in [7, 11) is 0. The minimum absolute atomic E-state index is 0.0259. The van der Waals surface area contributed by atoms with E-state index in [0.717, 1.165) is 37.2 Å². The minimum Gasteiger partial charge on any atom is -0.326 e. The van der Waals surface area contributed by atoms with E-state index in [9.17, 15) is 9.59 Å². The molecule has 4 rings (SSSR count). The zero-order valence-corrected chi connectivity index (χ0v) is 14.6. The maximum absolute atomic E-state index is 12.5. The van der Waals surface area contributed by atoms with Gasteiger partial charge in [-0.05, 0) is 62.0 Å². The number of amides is 2. The van der Waals surface area contributed by atoms with E-state index in [1.54, 1.807) is 23.5 Å². The molecule has 7 heteroatoms. The fraction of sp³-hybridized carbons (Fsp3) is 0.389. The molecule has 0 radical (unpaired) electrons. The number of benzene rings is 1. The summed E-state index contributed by atoms with van der Waals surface area (Å²) >= 11 is 1.56. The number of hydrogen-bond acceptors (Lipinski definition) is 5. The van der Waals surface area contributed by atoms with E-state index in [4.69, 9.17) is 0 Å². The van der Waals surface area contributed by atoms with Gasteiger partial charge in [-0.1, -0.05) is 0 Å². The predicted molar refractivity (Wildman–Crippen MR) is 98.3 cm³/mol. The SMILES string of the molecule is O=C1CCc2cc(C(=O)Nc3ncc(C4CCNCC4)s3)ccc2N1. The lowest BCUT2D eigenvalue weighted by Gasteiger charge is -2.20. The van der Waals surface area contributed by atoms with Crippen molar-refractivity contribution < 1.29 is 9.59 Å². The third kappa shape index (κ3) is 3.57. The number of rotatable bonds is 3. The van der Waals surface area contributed by atoms with Crippen molar-refractivity contribution in [2.75, 3.05) is 23.7 Å². The lowest BCUT2D eigenvalue weighted by Crippen LogP contribution is -2.26. The van der Waals surface area contributed by atoms with E-state index in [2.05, 4.69) is 20.9 Å². The van der Waals surface area contributed by atoms with Crippen LogP contribution >= 0.6 is 11.3 Å². The van der Waals surface area contributed by atoms with Crippen LogP contribution < -0.4 is 16.0 Å². The highest BCUT2D eigenvalue weighted by molar-refractivity contribution is 7.15. The molecule has 0 aliphatic carbocycles. The number of anilines is 2. The molecule has 1 saturated heterocycles. The zero-order chi connectivity index (χ0) is 17.2. The number of nitrogens with zero attached hydrogens (tertiary/aromatic N) is 1. The molecule has 6 nitrogen and oxygen atoms in total. The smallest absolute Gasteiger partial charge is 0.257 e. The standard InChI is InChI=1S/C18H20N4O2S/c23-16-4-2-12-9-13(1-3-14(12)21-16)17(24)22-18-20-10-15(25-18)11-5-7-19-8-6-11/h1,3,9-11,19H,2,4-8H2,(H,21,23)(H,20,22,24). The van der Waals surface area contributed by atoms with Crippen LogP contribution in [0.1, 0.15) is 46.0 Å². The number of nitrogens with one attached hydrogen (secondary N) is 3. The van der Waals surface area contributed by atoms with E-state index in [0.29, 0.717) is 29.5 Å². The number of thiazole rings is 1.